The molecular weight excluding hydrogens is 548 g/mol. The highest BCUT2D eigenvalue weighted by Gasteiger charge is 2.34. The van der Waals surface area contributed by atoms with Gasteiger partial charge in [-0.05, 0) is 83.0 Å². The minimum absolute atomic E-state index is 0.0289. The van der Waals surface area contributed by atoms with Crippen LogP contribution >= 0.6 is 27.5 Å². The Hall–Kier alpha value is -3.49. The maximum atomic E-state index is 12.9. The summed E-state index contributed by atoms with van der Waals surface area (Å²) in [5.41, 5.74) is 3.83. The van der Waals surface area contributed by atoms with Gasteiger partial charge in [0.05, 0.1) is 30.0 Å². The first kappa shape index (κ1) is 25.6. The lowest BCUT2D eigenvalue weighted by atomic mass is 10.1. The Labute approximate surface area is 222 Å². The number of rotatable bonds is 10. The number of para-hydroxylation sites is 1. The predicted octanol–water partition coefficient (Wildman–Crippen LogP) is 5.81. The average Bonchev–Trinajstić information content (AvgIpc) is 3.15. The largest absolute Gasteiger partial charge is 0.493 e. The number of carbonyl (C=O) groups excluding carboxylic acids is 2. The minimum Gasteiger partial charge on any atom is -0.493 e. The Morgan fingerprint density at radius 2 is 1.69 bits per heavy atom. The van der Waals surface area contributed by atoms with E-state index >= 15 is 0 Å². The van der Waals surface area contributed by atoms with E-state index in [4.69, 9.17) is 25.8 Å². The number of ether oxygens (including phenoxy) is 3. The number of anilines is 1. The SMILES string of the molecule is CCOc1cc(C=C2C(=O)NN(c3ccccc3)C2=O)cc(Br)c1OCCCOc1ccc(Cl)cc1. The van der Waals surface area contributed by atoms with Crippen LogP contribution in [0.4, 0.5) is 5.69 Å². The smallest absolute Gasteiger partial charge is 0.282 e. The molecule has 0 bridgehead atoms. The van der Waals surface area contributed by atoms with Gasteiger partial charge in [0, 0.05) is 11.4 Å². The second-order valence-electron chi connectivity index (χ2n) is 7.74. The maximum Gasteiger partial charge on any atom is 0.282 e. The maximum absolute atomic E-state index is 12.9. The highest BCUT2D eigenvalue weighted by Crippen LogP contribution is 2.38. The van der Waals surface area contributed by atoms with Crippen molar-refractivity contribution >= 4 is 51.1 Å². The molecule has 0 atom stereocenters. The van der Waals surface area contributed by atoms with E-state index in [1.807, 2.05) is 25.1 Å². The van der Waals surface area contributed by atoms with Gasteiger partial charge in [0.2, 0.25) is 0 Å². The fourth-order valence-corrected chi connectivity index (χ4v) is 4.21. The zero-order valence-electron chi connectivity index (χ0n) is 19.5. The van der Waals surface area contributed by atoms with Crippen LogP contribution in [-0.2, 0) is 9.59 Å². The van der Waals surface area contributed by atoms with Gasteiger partial charge < -0.3 is 14.2 Å². The summed E-state index contributed by atoms with van der Waals surface area (Å²) in [6.45, 7) is 3.17. The summed E-state index contributed by atoms with van der Waals surface area (Å²) in [6.07, 6.45) is 2.19. The Morgan fingerprint density at radius 1 is 0.972 bits per heavy atom. The molecule has 0 saturated carbocycles. The molecule has 0 aromatic heterocycles. The molecule has 3 aromatic rings. The summed E-state index contributed by atoms with van der Waals surface area (Å²) >= 11 is 9.42. The molecule has 36 heavy (non-hydrogen) atoms. The van der Waals surface area contributed by atoms with Gasteiger partial charge in [0.25, 0.3) is 11.8 Å². The Balaban J connectivity index is 1.44. The van der Waals surface area contributed by atoms with Crippen LogP contribution in [-0.4, -0.2) is 31.6 Å². The van der Waals surface area contributed by atoms with Gasteiger partial charge in [-0.1, -0.05) is 29.8 Å². The molecule has 1 heterocycles. The number of carbonyl (C=O) groups is 2. The molecule has 186 valence electrons. The Morgan fingerprint density at radius 3 is 2.42 bits per heavy atom. The normalized spacial score (nSPS) is 14.2. The van der Waals surface area contributed by atoms with E-state index in [2.05, 4.69) is 21.4 Å². The molecular formula is C27H24BrClN2O5. The molecule has 0 radical (unpaired) electrons. The van der Waals surface area contributed by atoms with Gasteiger partial charge in [0.15, 0.2) is 11.5 Å². The summed E-state index contributed by atoms with van der Waals surface area (Å²) in [7, 11) is 0. The van der Waals surface area contributed by atoms with Gasteiger partial charge in [-0.2, -0.15) is 0 Å². The summed E-state index contributed by atoms with van der Waals surface area (Å²) < 4.78 is 18.1. The van der Waals surface area contributed by atoms with Gasteiger partial charge in [0.1, 0.15) is 11.3 Å². The van der Waals surface area contributed by atoms with Crippen LogP contribution < -0.4 is 24.6 Å². The lowest BCUT2D eigenvalue weighted by Crippen LogP contribution is -2.35. The van der Waals surface area contributed by atoms with Gasteiger partial charge in [-0.25, -0.2) is 5.01 Å². The van der Waals surface area contributed by atoms with Crippen LogP contribution in [0.1, 0.15) is 18.9 Å². The third-order valence-corrected chi connectivity index (χ3v) is 6.01. The highest BCUT2D eigenvalue weighted by atomic mass is 79.9. The number of halogens is 2. The van der Waals surface area contributed by atoms with E-state index in [-0.39, 0.29) is 5.57 Å². The van der Waals surface area contributed by atoms with E-state index in [0.717, 1.165) is 5.75 Å². The number of hydrogen-bond donors (Lipinski definition) is 1. The zero-order valence-corrected chi connectivity index (χ0v) is 21.8. The van der Waals surface area contributed by atoms with Gasteiger partial charge >= 0.3 is 0 Å². The van der Waals surface area contributed by atoms with E-state index in [1.165, 1.54) is 11.1 Å². The first-order chi connectivity index (χ1) is 17.5. The molecule has 2 amide bonds. The van der Waals surface area contributed by atoms with E-state index < -0.39 is 11.8 Å². The zero-order chi connectivity index (χ0) is 25.5. The summed E-state index contributed by atoms with van der Waals surface area (Å²) in [5, 5.41) is 1.89. The molecule has 1 aliphatic rings. The molecule has 0 unspecified atom stereocenters. The number of hydrazine groups is 1. The standard InChI is InChI=1S/C27H24BrClN2O5/c1-2-34-24-17-18(15-22-26(32)30-31(27(22)33)20-7-4-3-5-8-20)16-23(28)25(24)36-14-6-13-35-21-11-9-19(29)10-12-21/h3-5,7-12,15-17H,2,6,13-14H2,1H3,(H,30,32). The van der Waals surface area contributed by atoms with E-state index in [9.17, 15) is 9.59 Å². The molecule has 0 aliphatic carbocycles. The number of nitrogens with one attached hydrogen (secondary N) is 1. The Kier molecular flexibility index (Phi) is 8.51. The molecule has 3 aromatic carbocycles. The van der Waals surface area contributed by atoms with Crippen LogP contribution in [0.5, 0.6) is 17.2 Å². The van der Waals surface area contributed by atoms with Crippen molar-refractivity contribution in [1.29, 1.82) is 0 Å². The topological polar surface area (TPSA) is 77.1 Å². The quantitative estimate of drug-likeness (QED) is 0.189. The molecule has 7 nitrogen and oxygen atoms in total. The lowest BCUT2D eigenvalue weighted by Gasteiger charge is -2.15. The number of benzene rings is 3. The van der Waals surface area contributed by atoms with Crippen molar-refractivity contribution in [3.05, 3.63) is 87.4 Å². The second-order valence-corrected chi connectivity index (χ2v) is 9.03. The van der Waals surface area contributed by atoms with Crippen molar-refractivity contribution in [3.63, 3.8) is 0 Å². The van der Waals surface area contributed by atoms with E-state index in [1.54, 1.807) is 48.5 Å². The van der Waals surface area contributed by atoms with Crippen LogP contribution in [0.15, 0.2) is 76.8 Å². The highest BCUT2D eigenvalue weighted by molar-refractivity contribution is 9.10. The third-order valence-electron chi connectivity index (χ3n) is 5.17. The molecule has 1 fully saturated rings. The van der Waals surface area contributed by atoms with Gasteiger partial charge in [-0.15, -0.1) is 0 Å². The van der Waals surface area contributed by atoms with Crippen molar-refractivity contribution in [2.24, 2.45) is 0 Å². The fourth-order valence-electron chi connectivity index (χ4n) is 3.51. The van der Waals surface area contributed by atoms with Gasteiger partial charge in [-0.3, -0.25) is 15.0 Å². The van der Waals surface area contributed by atoms with Crippen molar-refractivity contribution in [2.45, 2.75) is 13.3 Å². The first-order valence-corrected chi connectivity index (χ1v) is 12.5. The third kappa shape index (κ3) is 6.19. The molecule has 1 saturated heterocycles. The molecule has 1 aliphatic heterocycles. The van der Waals surface area contributed by atoms with Crippen molar-refractivity contribution in [2.75, 3.05) is 24.8 Å². The number of amides is 2. The van der Waals surface area contributed by atoms with E-state index in [0.29, 0.717) is 58.5 Å². The molecule has 4 rings (SSSR count). The van der Waals surface area contributed by atoms with Crippen LogP contribution in [0.3, 0.4) is 0 Å². The van der Waals surface area contributed by atoms with Crippen LogP contribution in [0.2, 0.25) is 5.02 Å². The summed E-state index contributed by atoms with van der Waals surface area (Å²) in [6, 6.07) is 19.6. The molecule has 0 spiro atoms. The average molecular weight is 572 g/mol. The van der Waals surface area contributed by atoms with Crippen molar-refractivity contribution in [3.8, 4) is 17.2 Å². The fraction of sp³-hybridized carbons (Fsp3) is 0.185. The first-order valence-electron chi connectivity index (χ1n) is 11.4. The molecule has 1 N–H and O–H groups in total. The second kappa shape index (κ2) is 12.0. The molecule has 9 heteroatoms. The monoisotopic (exact) mass is 570 g/mol. The van der Waals surface area contributed by atoms with Crippen molar-refractivity contribution < 1.29 is 23.8 Å². The van der Waals surface area contributed by atoms with Crippen LogP contribution in [0.25, 0.3) is 6.08 Å². The lowest BCUT2D eigenvalue weighted by molar-refractivity contribution is -0.117. The number of nitrogens with zero attached hydrogens (tertiary/aromatic N) is 1. The Bertz CT molecular complexity index is 1270. The summed E-state index contributed by atoms with van der Waals surface area (Å²) in [5.74, 6) is 0.881. The van der Waals surface area contributed by atoms with Crippen molar-refractivity contribution in [1.82, 2.24) is 5.43 Å². The predicted molar refractivity (Wildman–Crippen MR) is 142 cm³/mol. The number of hydrogen-bond acceptors (Lipinski definition) is 5. The van der Waals surface area contributed by atoms with Crippen LogP contribution in [0, 0.1) is 0 Å². The minimum atomic E-state index is -0.473. The summed E-state index contributed by atoms with van der Waals surface area (Å²) in [4.78, 5) is 25.4.